The summed E-state index contributed by atoms with van der Waals surface area (Å²) in [7, 11) is 1.68. The first-order chi connectivity index (χ1) is 15.0. The molecule has 1 atom stereocenters. The molecule has 2 rings (SSSR count). The largest absolute Gasteiger partial charge is 0.342 e. The number of anilines is 1. The van der Waals surface area contributed by atoms with Crippen LogP contribution in [-0.2, 0) is 16.1 Å². The van der Waals surface area contributed by atoms with Crippen LogP contribution in [0.1, 0.15) is 36.7 Å². The Morgan fingerprint density at radius 2 is 1.84 bits per heavy atom. The van der Waals surface area contributed by atoms with Crippen molar-refractivity contribution >= 4 is 40.7 Å². The third kappa shape index (κ3) is 6.52. The number of nitro benzene ring substituents is 1. The maximum atomic E-state index is 12.9. The molecule has 0 aliphatic carbocycles. The van der Waals surface area contributed by atoms with Crippen LogP contribution in [0.4, 0.5) is 11.4 Å². The molecule has 10 heteroatoms. The molecule has 0 heterocycles. The SMILES string of the molecule is CC(=O)N(C)Cc1cccc(NC(=O)C(NC(=O)c2ccc(Cl)c([N+](=O)[O-])c2)C(C)C)c1. The smallest absolute Gasteiger partial charge is 0.288 e. The van der Waals surface area contributed by atoms with Gasteiger partial charge in [-0.15, -0.1) is 0 Å². The number of nitrogens with one attached hydrogen (secondary N) is 2. The van der Waals surface area contributed by atoms with Crippen LogP contribution in [0.5, 0.6) is 0 Å². The summed E-state index contributed by atoms with van der Waals surface area (Å²) in [5.74, 6) is -1.40. The van der Waals surface area contributed by atoms with Gasteiger partial charge in [-0.2, -0.15) is 0 Å². The van der Waals surface area contributed by atoms with Gasteiger partial charge < -0.3 is 15.5 Å². The zero-order valence-corrected chi connectivity index (χ0v) is 19.0. The predicted octanol–water partition coefficient (Wildman–Crippen LogP) is 3.62. The van der Waals surface area contributed by atoms with Gasteiger partial charge in [-0.25, -0.2) is 0 Å². The normalized spacial score (nSPS) is 11.6. The number of carbonyl (C=O) groups is 3. The summed E-state index contributed by atoms with van der Waals surface area (Å²) >= 11 is 5.80. The zero-order chi connectivity index (χ0) is 24.0. The van der Waals surface area contributed by atoms with Crippen molar-refractivity contribution < 1.29 is 19.3 Å². The van der Waals surface area contributed by atoms with E-state index in [1.54, 1.807) is 44.0 Å². The highest BCUT2D eigenvalue weighted by molar-refractivity contribution is 6.32. The summed E-state index contributed by atoms with van der Waals surface area (Å²) in [6, 6.07) is 9.86. The Morgan fingerprint density at radius 3 is 2.44 bits per heavy atom. The second-order valence-electron chi connectivity index (χ2n) is 7.68. The van der Waals surface area contributed by atoms with Gasteiger partial charge in [-0.3, -0.25) is 24.5 Å². The van der Waals surface area contributed by atoms with Crippen molar-refractivity contribution in [3.63, 3.8) is 0 Å². The third-order valence-corrected chi connectivity index (χ3v) is 5.11. The summed E-state index contributed by atoms with van der Waals surface area (Å²) in [6.45, 7) is 5.40. The number of rotatable bonds is 8. The van der Waals surface area contributed by atoms with E-state index in [4.69, 9.17) is 11.6 Å². The quantitative estimate of drug-likeness (QED) is 0.460. The number of hydrogen-bond donors (Lipinski definition) is 2. The molecule has 0 bridgehead atoms. The highest BCUT2D eigenvalue weighted by Gasteiger charge is 2.26. The van der Waals surface area contributed by atoms with Gasteiger partial charge in [-0.05, 0) is 35.7 Å². The second-order valence-corrected chi connectivity index (χ2v) is 8.09. The molecule has 3 amide bonds. The monoisotopic (exact) mass is 460 g/mol. The van der Waals surface area contributed by atoms with Crippen molar-refractivity contribution in [2.75, 3.05) is 12.4 Å². The molecule has 0 aliphatic heterocycles. The Balaban J connectivity index is 2.15. The molecule has 0 saturated heterocycles. The predicted molar refractivity (Wildman–Crippen MR) is 121 cm³/mol. The fraction of sp³-hybridized carbons (Fsp3) is 0.318. The Bertz CT molecular complexity index is 1040. The fourth-order valence-corrected chi connectivity index (χ4v) is 3.09. The summed E-state index contributed by atoms with van der Waals surface area (Å²) in [5, 5.41) is 16.4. The number of halogens is 1. The Morgan fingerprint density at radius 1 is 1.16 bits per heavy atom. The Hall–Kier alpha value is -3.46. The van der Waals surface area contributed by atoms with E-state index in [9.17, 15) is 24.5 Å². The molecule has 2 aromatic carbocycles. The molecule has 9 nitrogen and oxygen atoms in total. The van der Waals surface area contributed by atoms with Crippen molar-refractivity contribution in [1.82, 2.24) is 10.2 Å². The molecular weight excluding hydrogens is 436 g/mol. The molecule has 0 saturated carbocycles. The molecule has 1 unspecified atom stereocenters. The second kappa shape index (κ2) is 10.7. The minimum atomic E-state index is -0.888. The van der Waals surface area contributed by atoms with Crippen LogP contribution in [-0.4, -0.2) is 40.6 Å². The first-order valence-corrected chi connectivity index (χ1v) is 10.2. The standard InChI is InChI=1S/C22H25ClN4O5/c1-13(2)20(25-21(29)16-8-9-18(23)19(11-16)27(31)32)22(30)24-17-7-5-6-15(10-17)12-26(4)14(3)28/h5-11,13,20H,12H2,1-4H3,(H,24,30)(H,25,29). The van der Waals surface area contributed by atoms with Crippen molar-refractivity contribution in [3.8, 4) is 0 Å². The van der Waals surface area contributed by atoms with Gasteiger partial charge in [0.25, 0.3) is 11.6 Å². The average Bonchev–Trinajstić information content (AvgIpc) is 2.71. The molecule has 2 aromatic rings. The van der Waals surface area contributed by atoms with Gasteiger partial charge in [0.15, 0.2) is 0 Å². The maximum absolute atomic E-state index is 12.9. The van der Waals surface area contributed by atoms with Gasteiger partial charge >= 0.3 is 0 Å². The number of nitrogens with zero attached hydrogens (tertiary/aromatic N) is 2. The summed E-state index contributed by atoms with van der Waals surface area (Å²) in [4.78, 5) is 48.9. The Kier molecular flexibility index (Phi) is 8.31. The first-order valence-electron chi connectivity index (χ1n) is 9.86. The molecule has 0 radical (unpaired) electrons. The lowest BCUT2D eigenvalue weighted by atomic mass is 10.0. The first kappa shape index (κ1) is 24.8. The molecule has 0 fully saturated rings. The Labute approximate surface area is 190 Å². The molecule has 0 aliphatic rings. The van der Waals surface area contributed by atoms with Crippen molar-refractivity contribution in [2.24, 2.45) is 5.92 Å². The van der Waals surface area contributed by atoms with Crippen LogP contribution in [0.15, 0.2) is 42.5 Å². The minimum absolute atomic E-state index is 0.0221. The number of carbonyl (C=O) groups excluding carboxylic acids is 3. The lowest BCUT2D eigenvalue weighted by Gasteiger charge is -2.22. The van der Waals surface area contributed by atoms with Crippen LogP contribution >= 0.6 is 11.6 Å². The maximum Gasteiger partial charge on any atom is 0.288 e. The third-order valence-electron chi connectivity index (χ3n) is 4.79. The molecule has 0 aromatic heterocycles. The van der Waals surface area contributed by atoms with Crippen molar-refractivity contribution in [2.45, 2.75) is 33.4 Å². The molecular formula is C22H25ClN4O5. The number of amides is 3. The molecule has 170 valence electrons. The van der Waals surface area contributed by atoms with Crippen LogP contribution < -0.4 is 10.6 Å². The van der Waals surface area contributed by atoms with E-state index in [-0.39, 0.29) is 22.4 Å². The molecule has 0 spiro atoms. The van der Waals surface area contributed by atoms with Crippen LogP contribution in [0.3, 0.4) is 0 Å². The van der Waals surface area contributed by atoms with Gasteiger partial charge in [0, 0.05) is 37.8 Å². The molecule has 32 heavy (non-hydrogen) atoms. The summed E-state index contributed by atoms with van der Waals surface area (Å²) < 4.78 is 0. The van der Waals surface area contributed by atoms with E-state index in [2.05, 4.69) is 10.6 Å². The highest BCUT2D eigenvalue weighted by atomic mass is 35.5. The van der Waals surface area contributed by atoms with E-state index in [0.29, 0.717) is 12.2 Å². The van der Waals surface area contributed by atoms with E-state index in [1.807, 2.05) is 6.07 Å². The number of benzene rings is 2. The van der Waals surface area contributed by atoms with E-state index < -0.39 is 28.5 Å². The minimum Gasteiger partial charge on any atom is -0.342 e. The molecule has 2 N–H and O–H groups in total. The number of nitro groups is 1. The highest BCUT2D eigenvalue weighted by Crippen LogP contribution is 2.25. The summed E-state index contributed by atoms with van der Waals surface area (Å²) in [5.41, 5.74) is 0.983. The van der Waals surface area contributed by atoms with Gasteiger partial charge in [0.05, 0.1) is 4.92 Å². The van der Waals surface area contributed by atoms with Crippen LogP contribution in [0.2, 0.25) is 5.02 Å². The number of hydrogen-bond acceptors (Lipinski definition) is 5. The lowest BCUT2D eigenvalue weighted by Crippen LogP contribution is -2.47. The van der Waals surface area contributed by atoms with Gasteiger partial charge in [0.2, 0.25) is 11.8 Å². The summed E-state index contributed by atoms with van der Waals surface area (Å²) in [6.07, 6.45) is 0. The average molecular weight is 461 g/mol. The fourth-order valence-electron chi connectivity index (χ4n) is 2.91. The van der Waals surface area contributed by atoms with Gasteiger partial charge in [0.1, 0.15) is 11.1 Å². The van der Waals surface area contributed by atoms with Crippen LogP contribution in [0, 0.1) is 16.0 Å². The van der Waals surface area contributed by atoms with Crippen LogP contribution in [0.25, 0.3) is 0 Å². The zero-order valence-electron chi connectivity index (χ0n) is 18.2. The van der Waals surface area contributed by atoms with Gasteiger partial charge in [-0.1, -0.05) is 37.6 Å². The van der Waals surface area contributed by atoms with E-state index >= 15 is 0 Å². The van der Waals surface area contributed by atoms with E-state index in [0.717, 1.165) is 11.6 Å². The van der Waals surface area contributed by atoms with Crippen molar-refractivity contribution in [3.05, 3.63) is 68.7 Å². The lowest BCUT2D eigenvalue weighted by molar-refractivity contribution is -0.384. The van der Waals surface area contributed by atoms with E-state index in [1.165, 1.54) is 19.1 Å². The topological polar surface area (TPSA) is 122 Å². The van der Waals surface area contributed by atoms with Crippen molar-refractivity contribution in [1.29, 1.82) is 0 Å².